The second-order valence-corrected chi connectivity index (χ2v) is 5.11. The Morgan fingerprint density at radius 3 is 2.45 bits per heavy atom. The molecule has 1 heterocycles. The van der Waals surface area contributed by atoms with E-state index in [0.29, 0.717) is 17.4 Å². The number of halogens is 2. The number of nitrogen functional groups attached to an aromatic ring is 1. The molecule has 0 radical (unpaired) electrons. The summed E-state index contributed by atoms with van der Waals surface area (Å²) < 4.78 is 0. The quantitative estimate of drug-likeness (QED) is 0.795. The van der Waals surface area contributed by atoms with E-state index in [2.05, 4.69) is 4.99 Å². The highest BCUT2D eigenvalue weighted by atomic mass is 35.5. The molecule has 2 aromatic carbocycles. The largest absolute Gasteiger partial charge is 0.399 e. The van der Waals surface area contributed by atoms with Gasteiger partial charge in [0.25, 0.3) is 0 Å². The van der Waals surface area contributed by atoms with Gasteiger partial charge in [-0.25, -0.2) is 0 Å². The van der Waals surface area contributed by atoms with Crippen molar-refractivity contribution < 1.29 is 0 Å². The Labute approximate surface area is 129 Å². The second-order valence-electron chi connectivity index (χ2n) is 4.68. The molecular formula is C15H15Cl2N3. The average molecular weight is 308 g/mol. The van der Waals surface area contributed by atoms with Gasteiger partial charge >= 0.3 is 0 Å². The molecule has 2 aromatic rings. The Morgan fingerprint density at radius 1 is 1.05 bits per heavy atom. The molecule has 3 nitrogen and oxygen atoms in total. The number of aliphatic imine (C=N–C) groups is 1. The van der Waals surface area contributed by atoms with Gasteiger partial charge in [-0.3, -0.25) is 4.99 Å². The highest BCUT2D eigenvalue weighted by molar-refractivity contribution is 6.30. The molecule has 1 aliphatic heterocycles. The predicted octanol–water partition coefficient (Wildman–Crippen LogP) is 3.19. The molecule has 1 aliphatic rings. The van der Waals surface area contributed by atoms with Crippen LogP contribution < -0.4 is 11.5 Å². The number of hydrogen-bond acceptors (Lipinski definition) is 3. The third kappa shape index (κ3) is 2.60. The predicted molar refractivity (Wildman–Crippen MR) is 87.0 cm³/mol. The summed E-state index contributed by atoms with van der Waals surface area (Å²) in [4.78, 5) is 4.40. The zero-order valence-corrected chi connectivity index (χ0v) is 12.3. The first-order valence-corrected chi connectivity index (χ1v) is 6.48. The van der Waals surface area contributed by atoms with Crippen molar-refractivity contribution in [1.82, 2.24) is 0 Å². The summed E-state index contributed by atoms with van der Waals surface area (Å²) in [5, 5.41) is 0.717. The van der Waals surface area contributed by atoms with Crippen LogP contribution >= 0.6 is 24.0 Å². The van der Waals surface area contributed by atoms with E-state index in [1.165, 1.54) is 5.56 Å². The maximum atomic E-state index is 6.10. The lowest BCUT2D eigenvalue weighted by molar-refractivity contribution is 0.802. The number of amidine groups is 1. The van der Waals surface area contributed by atoms with Crippen molar-refractivity contribution in [3.63, 3.8) is 0 Å². The number of nitrogens with zero attached hydrogens (tertiary/aromatic N) is 1. The fourth-order valence-electron chi connectivity index (χ4n) is 2.44. The third-order valence-electron chi connectivity index (χ3n) is 3.45. The lowest BCUT2D eigenvalue weighted by Gasteiger charge is -2.24. The summed E-state index contributed by atoms with van der Waals surface area (Å²) >= 11 is 6.10. The van der Waals surface area contributed by atoms with Crippen molar-refractivity contribution in [1.29, 1.82) is 0 Å². The van der Waals surface area contributed by atoms with Crippen LogP contribution in [0.2, 0.25) is 5.02 Å². The van der Waals surface area contributed by atoms with E-state index < -0.39 is 0 Å². The van der Waals surface area contributed by atoms with E-state index in [1.807, 2.05) is 42.5 Å². The topological polar surface area (TPSA) is 64.4 Å². The van der Waals surface area contributed by atoms with Gasteiger partial charge in [-0.2, -0.15) is 0 Å². The fourth-order valence-corrected chi connectivity index (χ4v) is 2.62. The summed E-state index contributed by atoms with van der Waals surface area (Å²) in [5.41, 5.74) is 15.7. The smallest absolute Gasteiger partial charge is 0.125 e. The molecule has 1 unspecified atom stereocenters. The minimum Gasteiger partial charge on any atom is -0.399 e. The Bertz CT molecular complexity index is 651. The molecule has 104 valence electrons. The highest BCUT2D eigenvalue weighted by Crippen LogP contribution is 2.33. The average Bonchev–Trinajstić information content (AvgIpc) is 2.40. The number of fused-ring (bicyclic) bond motifs is 1. The van der Waals surface area contributed by atoms with Crippen LogP contribution in [0.1, 0.15) is 22.6 Å². The Kier molecular flexibility index (Phi) is 4.21. The molecule has 0 amide bonds. The molecule has 1 atom stereocenters. The minimum absolute atomic E-state index is 0. The van der Waals surface area contributed by atoms with Crippen molar-refractivity contribution in [2.75, 3.05) is 12.3 Å². The van der Waals surface area contributed by atoms with Gasteiger partial charge in [0.05, 0.1) is 6.54 Å². The van der Waals surface area contributed by atoms with Gasteiger partial charge < -0.3 is 11.5 Å². The SMILES string of the molecule is Cl.NC1=NCC(c2ccc(N)cc2)c2cc(Cl)ccc21. The van der Waals surface area contributed by atoms with Crippen LogP contribution in [0, 0.1) is 0 Å². The molecule has 0 saturated heterocycles. The molecule has 0 aromatic heterocycles. The fraction of sp³-hybridized carbons (Fsp3) is 0.133. The van der Waals surface area contributed by atoms with E-state index in [9.17, 15) is 0 Å². The van der Waals surface area contributed by atoms with E-state index in [4.69, 9.17) is 23.1 Å². The summed E-state index contributed by atoms with van der Waals surface area (Å²) in [5.74, 6) is 0.764. The van der Waals surface area contributed by atoms with Gasteiger partial charge in [-0.05, 0) is 41.5 Å². The van der Waals surface area contributed by atoms with Crippen molar-refractivity contribution in [3.05, 3.63) is 64.2 Å². The maximum absolute atomic E-state index is 6.10. The standard InChI is InChI=1S/C15H14ClN3.ClH/c16-10-3-6-12-13(7-10)14(8-19-15(12)18)9-1-4-11(17)5-2-9;/h1-7,14H,8,17H2,(H2,18,19);1H. The third-order valence-corrected chi connectivity index (χ3v) is 3.68. The molecule has 0 spiro atoms. The van der Waals surface area contributed by atoms with Gasteiger partial charge in [-0.15, -0.1) is 12.4 Å². The molecule has 0 saturated carbocycles. The highest BCUT2D eigenvalue weighted by Gasteiger charge is 2.23. The molecule has 3 rings (SSSR count). The summed E-state index contributed by atoms with van der Waals surface area (Å²) in [6, 6.07) is 13.6. The first-order chi connectivity index (χ1) is 9.15. The molecule has 20 heavy (non-hydrogen) atoms. The summed E-state index contributed by atoms with van der Waals surface area (Å²) in [7, 11) is 0. The zero-order valence-electron chi connectivity index (χ0n) is 10.7. The monoisotopic (exact) mass is 307 g/mol. The first kappa shape index (κ1) is 14.7. The van der Waals surface area contributed by atoms with Crippen LogP contribution in [0.25, 0.3) is 0 Å². The zero-order chi connectivity index (χ0) is 13.4. The van der Waals surface area contributed by atoms with Crippen molar-refractivity contribution >= 4 is 35.5 Å². The van der Waals surface area contributed by atoms with E-state index in [1.54, 1.807) is 0 Å². The van der Waals surface area contributed by atoms with Gasteiger partial charge in [-0.1, -0.05) is 23.7 Å². The number of nitrogens with two attached hydrogens (primary N) is 2. The van der Waals surface area contributed by atoms with Crippen molar-refractivity contribution in [3.8, 4) is 0 Å². The molecule has 5 heteroatoms. The molecule has 0 aliphatic carbocycles. The van der Waals surface area contributed by atoms with Crippen LogP contribution in [-0.4, -0.2) is 12.4 Å². The van der Waals surface area contributed by atoms with Crippen molar-refractivity contribution in [2.24, 2.45) is 10.7 Å². The number of hydrogen-bond donors (Lipinski definition) is 2. The number of benzene rings is 2. The first-order valence-electron chi connectivity index (χ1n) is 6.10. The van der Waals surface area contributed by atoms with Crippen LogP contribution in [-0.2, 0) is 0 Å². The molecular weight excluding hydrogens is 293 g/mol. The van der Waals surface area contributed by atoms with Crippen molar-refractivity contribution in [2.45, 2.75) is 5.92 Å². The van der Waals surface area contributed by atoms with E-state index in [0.717, 1.165) is 16.8 Å². The molecule has 0 fully saturated rings. The normalized spacial score (nSPS) is 16.9. The van der Waals surface area contributed by atoms with Crippen LogP contribution in [0.15, 0.2) is 47.5 Å². The number of rotatable bonds is 1. The van der Waals surface area contributed by atoms with Gasteiger partial charge in [0.2, 0.25) is 0 Å². The minimum atomic E-state index is 0. The summed E-state index contributed by atoms with van der Waals surface area (Å²) in [6.07, 6.45) is 0. The van der Waals surface area contributed by atoms with Gasteiger partial charge in [0.1, 0.15) is 5.84 Å². The summed E-state index contributed by atoms with van der Waals surface area (Å²) in [6.45, 7) is 0.642. The maximum Gasteiger partial charge on any atom is 0.125 e. The Hall–Kier alpha value is -1.71. The Morgan fingerprint density at radius 2 is 1.75 bits per heavy atom. The van der Waals surface area contributed by atoms with Gasteiger partial charge in [0, 0.05) is 22.2 Å². The second kappa shape index (κ2) is 5.73. The lowest BCUT2D eigenvalue weighted by atomic mass is 9.86. The van der Waals surface area contributed by atoms with Crippen LogP contribution in [0.4, 0.5) is 5.69 Å². The van der Waals surface area contributed by atoms with Crippen LogP contribution in [0.5, 0.6) is 0 Å². The molecule has 4 N–H and O–H groups in total. The lowest BCUT2D eigenvalue weighted by Crippen LogP contribution is -2.24. The van der Waals surface area contributed by atoms with E-state index in [-0.39, 0.29) is 18.3 Å². The van der Waals surface area contributed by atoms with E-state index >= 15 is 0 Å². The van der Waals surface area contributed by atoms with Gasteiger partial charge in [0.15, 0.2) is 0 Å². The van der Waals surface area contributed by atoms with Crippen LogP contribution in [0.3, 0.4) is 0 Å². The number of anilines is 1. The molecule has 0 bridgehead atoms. The Balaban J connectivity index is 0.00000147.